The molecular formula is C38H31NO11S3. The predicted molar refractivity (Wildman–Crippen MR) is 195 cm³/mol. The summed E-state index contributed by atoms with van der Waals surface area (Å²) in [6.45, 7) is 0. The van der Waals surface area contributed by atoms with Crippen molar-refractivity contribution in [1.29, 1.82) is 0 Å². The van der Waals surface area contributed by atoms with E-state index in [2.05, 4.69) is 0 Å². The van der Waals surface area contributed by atoms with E-state index in [1.54, 1.807) is 24.3 Å². The van der Waals surface area contributed by atoms with Crippen molar-refractivity contribution in [3.63, 3.8) is 0 Å². The molecule has 272 valence electrons. The zero-order valence-electron chi connectivity index (χ0n) is 28.1. The molecule has 0 unspecified atom stereocenters. The predicted octanol–water partition coefficient (Wildman–Crippen LogP) is 7.66. The van der Waals surface area contributed by atoms with E-state index in [-0.39, 0.29) is 47.5 Å². The monoisotopic (exact) mass is 773 g/mol. The number of hydrogen-bond donors (Lipinski definition) is 1. The third-order valence-electron chi connectivity index (χ3n) is 7.73. The first-order valence-electron chi connectivity index (χ1n) is 15.6. The van der Waals surface area contributed by atoms with Crippen LogP contribution in [-0.2, 0) is 34.0 Å². The minimum absolute atomic E-state index is 0.0000302. The number of hydrogen-bond acceptors (Lipinski definition) is 12. The smallest absolute Gasteiger partial charge is 0.300 e. The first-order chi connectivity index (χ1) is 25.3. The van der Waals surface area contributed by atoms with Crippen molar-refractivity contribution in [2.75, 3.05) is 20.0 Å². The first kappa shape index (κ1) is 36.9. The number of nitrogens with two attached hydrogens (primary N) is 1. The zero-order chi connectivity index (χ0) is 37.8. The van der Waals surface area contributed by atoms with Crippen LogP contribution >= 0.6 is 0 Å². The molecule has 0 aromatic heterocycles. The van der Waals surface area contributed by atoms with E-state index >= 15 is 0 Å². The Balaban J connectivity index is 1.17. The van der Waals surface area contributed by atoms with E-state index < -0.39 is 29.8 Å². The maximum Gasteiger partial charge on any atom is 0.300 e. The highest BCUT2D eigenvalue weighted by atomic mass is 32.2. The summed E-state index contributed by atoms with van der Waals surface area (Å²) in [6, 6.07) is 33.8. The van der Waals surface area contributed by atoms with Crippen molar-refractivity contribution >= 4 is 35.5 Å². The van der Waals surface area contributed by atoms with Crippen LogP contribution in [0, 0.1) is 0 Å². The molecule has 12 nitrogen and oxygen atoms in total. The SMILES string of the molecule is COc1ccc(S(=O)(=O)c2ccc(Oc3ccc(Oc4ccc(S(=O)(=O)c5ccc(Oc6cccc(N)c6)cc5)cc4)cc3S(=O)(=O)OC)cc2)cc1. The number of benzene rings is 6. The van der Waals surface area contributed by atoms with Gasteiger partial charge in [0.2, 0.25) is 19.7 Å². The van der Waals surface area contributed by atoms with Crippen molar-refractivity contribution in [2.45, 2.75) is 24.5 Å². The molecule has 0 heterocycles. The molecule has 53 heavy (non-hydrogen) atoms. The van der Waals surface area contributed by atoms with E-state index in [4.69, 9.17) is 28.9 Å². The minimum Gasteiger partial charge on any atom is -0.497 e. The van der Waals surface area contributed by atoms with E-state index in [9.17, 15) is 25.3 Å². The third kappa shape index (κ3) is 8.29. The molecule has 0 saturated heterocycles. The summed E-state index contributed by atoms with van der Waals surface area (Å²) < 4.78 is 106. The Morgan fingerprint density at radius 3 is 1.25 bits per heavy atom. The molecule has 0 radical (unpaired) electrons. The average molecular weight is 774 g/mol. The molecule has 0 amide bonds. The van der Waals surface area contributed by atoms with Crippen LogP contribution in [0.1, 0.15) is 0 Å². The molecule has 6 aromatic rings. The van der Waals surface area contributed by atoms with Gasteiger partial charge in [-0.25, -0.2) is 16.8 Å². The van der Waals surface area contributed by atoms with Crippen LogP contribution in [0.25, 0.3) is 0 Å². The van der Waals surface area contributed by atoms with E-state index in [0.29, 0.717) is 22.9 Å². The highest BCUT2D eigenvalue weighted by molar-refractivity contribution is 7.91. The van der Waals surface area contributed by atoms with Crippen LogP contribution in [0.15, 0.2) is 164 Å². The minimum atomic E-state index is -4.32. The molecule has 6 aromatic carbocycles. The van der Waals surface area contributed by atoms with Crippen LogP contribution in [0.3, 0.4) is 0 Å². The van der Waals surface area contributed by atoms with Crippen LogP contribution < -0.4 is 24.7 Å². The van der Waals surface area contributed by atoms with Gasteiger partial charge < -0.3 is 24.7 Å². The van der Waals surface area contributed by atoms with Gasteiger partial charge in [0.25, 0.3) is 0 Å². The van der Waals surface area contributed by atoms with Crippen molar-refractivity contribution in [3.8, 4) is 40.2 Å². The lowest BCUT2D eigenvalue weighted by Gasteiger charge is -2.14. The molecule has 0 fully saturated rings. The summed E-state index contributed by atoms with van der Waals surface area (Å²) in [4.78, 5) is -0.248. The highest BCUT2D eigenvalue weighted by Gasteiger charge is 2.23. The van der Waals surface area contributed by atoms with E-state index in [1.807, 2.05) is 0 Å². The molecule has 0 atom stereocenters. The number of methoxy groups -OCH3 is 1. The van der Waals surface area contributed by atoms with Crippen molar-refractivity contribution in [2.24, 2.45) is 0 Å². The van der Waals surface area contributed by atoms with Crippen molar-refractivity contribution in [1.82, 2.24) is 0 Å². The quantitative estimate of drug-likeness (QED) is 0.0898. The van der Waals surface area contributed by atoms with Crippen molar-refractivity contribution in [3.05, 3.63) is 140 Å². The topological polar surface area (TPSA) is 175 Å². The van der Waals surface area contributed by atoms with Gasteiger partial charge in [0, 0.05) is 17.8 Å². The fourth-order valence-electron chi connectivity index (χ4n) is 4.99. The normalized spacial score (nSPS) is 11.8. The van der Waals surface area contributed by atoms with Gasteiger partial charge in [-0.1, -0.05) is 6.07 Å². The van der Waals surface area contributed by atoms with Crippen LogP contribution in [-0.4, -0.2) is 39.5 Å². The average Bonchev–Trinajstić information content (AvgIpc) is 3.16. The molecule has 0 aliphatic carbocycles. The molecule has 0 saturated carbocycles. The number of rotatable bonds is 13. The van der Waals surface area contributed by atoms with Crippen molar-refractivity contribution < 1.29 is 48.4 Å². The Morgan fingerprint density at radius 1 is 0.434 bits per heavy atom. The van der Waals surface area contributed by atoms with Crippen LogP contribution in [0.4, 0.5) is 5.69 Å². The second-order valence-corrected chi connectivity index (χ2v) is 16.8. The largest absolute Gasteiger partial charge is 0.497 e. The van der Waals surface area contributed by atoms with Gasteiger partial charge >= 0.3 is 10.1 Å². The number of anilines is 1. The lowest BCUT2D eigenvalue weighted by Crippen LogP contribution is -2.05. The zero-order valence-corrected chi connectivity index (χ0v) is 30.5. The van der Waals surface area contributed by atoms with Gasteiger partial charge in [-0.15, -0.1) is 0 Å². The molecule has 0 spiro atoms. The maximum absolute atomic E-state index is 13.3. The van der Waals surface area contributed by atoms with Gasteiger partial charge in [-0.05, 0) is 121 Å². The molecule has 15 heteroatoms. The van der Waals surface area contributed by atoms with Gasteiger partial charge in [-0.2, -0.15) is 8.42 Å². The van der Waals surface area contributed by atoms with Gasteiger partial charge in [-0.3, -0.25) is 4.18 Å². The molecule has 2 N–H and O–H groups in total. The van der Waals surface area contributed by atoms with Crippen LogP contribution in [0.2, 0.25) is 0 Å². The summed E-state index contributed by atoms with van der Waals surface area (Å²) in [6.07, 6.45) is 0. The fraction of sp³-hybridized carbons (Fsp3) is 0.0526. The second kappa shape index (κ2) is 15.0. The summed E-state index contributed by atoms with van der Waals surface area (Å²) in [7, 11) is -9.60. The Bertz CT molecular complexity index is 2580. The maximum atomic E-state index is 13.3. The first-order valence-corrected chi connectivity index (χ1v) is 19.9. The molecule has 6 rings (SSSR count). The molecule has 0 aliphatic rings. The summed E-state index contributed by atoms with van der Waals surface area (Å²) >= 11 is 0. The Morgan fingerprint density at radius 2 is 0.830 bits per heavy atom. The fourth-order valence-corrected chi connectivity index (χ4v) is 8.30. The van der Waals surface area contributed by atoms with E-state index in [0.717, 1.165) is 7.11 Å². The summed E-state index contributed by atoms with van der Waals surface area (Å²) in [5.41, 5.74) is 6.32. The highest BCUT2D eigenvalue weighted by Crippen LogP contribution is 2.36. The number of ether oxygens (including phenoxy) is 4. The molecular weight excluding hydrogens is 743 g/mol. The van der Waals surface area contributed by atoms with Crippen LogP contribution in [0.5, 0.6) is 40.2 Å². The summed E-state index contributed by atoms with van der Waals surface area (Å²) in [5.74, 6) is 1.79. The van der Waals surface area contributed by atoms with E-state index in [1.165, 1.54) is 122 Å². The lowest BCUT2D eigenvalue weighted by atomic mass is 10.3. The summed E-state index contributed by atoms with van der Waals surface area (Å²) in [5, 5.41) is 0. The van der Waals surface area contributed by atoms with Gasteiger partial charge in [0.1, 0.15) is 45.1 Å². The molecule has 0 bridgehead atoms. The standard InChI is InChI=1S/C38H31NO11S3/c1-46-27-6-15-33(16-7-27)51(40,41)36-21-12-30(13-22-36)50-37-23-14-32(25-38(37)53(44,45)47-2)49-29-10-19-35(20-11-29)52(42,43)34-17-8-28(9-18-34)48-31-5-3-4-26(39)24-31/h3-25H,39H2,1-2H3. The van der Waals surface area contributed by atoms with Gasteiger partial charge in [0.05, 0.1) is 33.8 Å². The Hall–Kier alpha value is -5.87. The Labute approximate surface area is 306 Å². The Kier molecular flexibility index (Phi) is 10.4. The third-order valence-corrected chi connectivity index (χ3v) is 12.6. The number of nitrogen functional groups attached to an aromatic ring is 1. The lowest BCUT2D eigenvalue weighted by molar-refractivity contribution is 0.389. The van der Waals surface area contributed by atoms with Gasteiger partial charge in [0.15, 0.2) is 0 Å². The molecule has 0 aliphatic heterocycles. The number of sulfone groups is 2. The second-order valence-electron chi connectivity index (χ2n) is 11.2.